The van der Waals surface area contributed by atoms with Gasteiger partial charge in [-0.2, -0.15) is 13.5 Å². The monoisotopic (exact) mass is 305 g/mol. The van der Waals surface area contributed by atoms with Gasteiger partial charge in [0.25, 0.3) is 10.1 Å². The Morgan fingerprint density at radius 3 is 2.19 bits per heavy atom. The Bertz CT molecular complexity index is 756. The molecule has 2 aromatic rings. The molecule has 0 aromatic heterocycles. The van der Waals surface area contributed by atoms with E-state index >= 15 is 0 Å². The molecule has 110 valence electrons. The lowest BCUT2D eigenvalue weighted by atomic mass is 10.2. The molecular weight excluding hydrogens is 290 g/mol. The predicted molar refractivity (Wildman–Crippen MR) is 81.2 cm³/mol. The SMILES string of the molecule is CN(C)c1cccc(N=Nc2ccccc2)c1S(=O)(=O)O. The molecular formula is C14H15N3O3S. The zero-order chi connectivity index (χ0) is 15.5. The highest BCUT2D eigenvalue weighted by Crippen LogP contribution is 2.33. The molecule has 0 saturated heterocycles. The topological polar surface area (TPSA) is 82.3 Å². The van der Waals surface area contributed by atoms with Gasteiger partial charge in [0.1, 0.15) is 10.6 Å². The van der Waals surface area contributed by atoms with Gasteiger partial charge in [0.2, 0.25) is 0 Å². The number of rotatable bonds is 4. The second kappa shape index (κ2) is 6.02. The van der Waals surface area contributed by atoms with E-state index in [1.54, 1.807) is 55.4 Å². The Morgan fingerprint density at radius 1 is 0.952 bits per heavy atom. The minimum atomic E-state index is -4.41. The lowest BCUT2D eigenvalue weighted by Gasteiger charge is -2.16. The number of hydrogen-bond donors (Lipinski definition) is 1. The Hall–Kier alpha value is -2.25. The molecule has 1 N–H and O–H groups in total. The fraction of sp³-hybridized carbons (Fsp3) is 0.143. The number of hydrogen-bond acceptors (Lipinski definition) is 5. The van der Waals surface area contributed by atoms with Gasteiger partial charge in [-0.3, -0.25) is 4.55 Å². The van der Waals surface area contributed by atoms with E-state index in [4.69, 9.17) is 0 Å². The van der Waals surface area contributed by atoms with Crippen molar-refractivity contribution in [3.05, 3.63) is 48.5 Å². The van der Waals surface area contributed by atoms with Crippen molar-refractivity contribution >= 4 is 27.2 Å². The summed E-state index contributed by atoms with van der Waals surface area (Å²) in [6.45, 7) is 0. The van der Waals surface area contributed by atoms with Crippen molar-refractivity contribution in [2.24, 2.45) is 10.2 Å². The number of anilines is 1. The van der Waals surface area contributed by atoms with Crippen LogP contribution in [-0.2, 0) is 10.1 Å². The van der Waals surface area contributed by atoms with Gasteiger partial charge in [0.15, 0.2) is 0 Å². The third kappa shape index (κ3) is 3.65. The average molecular weight is 305 g/mol. The van der Waals surface area contributed by atoms with E-state index < -0.39 is 10.1 Å². The molecule has 0 aliphatic heterocycles. The highest BCUT2D eigenvalue weighted by Gasteiger charge is 2.21. The summed E-state index contributed by atoms with van der Waals surface area (Å²) in [6, 6.07) is 13.7. The Kier molecular flexibility index (Phi) is 4.35. The van der Waals surface area contributed by atoms with Gasteiger partial charge in [0.05, 0.1) is 11.4 Å². The van der Waals surface area contributed by atoms with Gasteiger partial charge < -0.3 is 4.90 Å². The highest BCUT2D eigenvalue weighted by atomic mass is 32.2. The van der Waals surface area contributed by atoms with Crippen molar-refractivity contribution in [1.29, 1.82) is 0 Å². The molecule has 0 aliphatic carbocycles. The minimum absolute atomic E-state index is 0.0903. The molecule has 0 spiro atoms. The first-order valence-electron chi connectivity index (χ1n) is 6.14. The summed E-state index contributed by atoms with van der Waals surface area (Å²) >= 11 is 0. The quantitative estimate of drug-likeness (QED) is 0.693. The molecule has 0 aliphatic rings. The number of azo groups is 1. The van der Waals surface area contributed by atoms with Crippen LogP contribution >= 0.6 is 0 Å². The summed E-state index contributed by atoms with van der Waals surface area (Å²) in [5, 5.41) is 7.93. The largest absolute Gasteiger partial charge is 0.376 e. The van der Waals surface area contributed by atoms with E-state index in [-0.39, 0.29) is 10.6 Å². The van der Waals surface area contributed by atoms with Gasteiger partial charge in [-0.1, -0.05) is 24.3 Å². The van der Waals surface area contributed by atoms with Gasteiger partial charge in [0, 0.05) is 14.1 Å². The average Bonchev–Trinajstić information content (AvgIpc) is 2.44. The Balaban J connectivity index is 2.54. The molecule has 0 unspecified atom stereocenters. The number of benzene rings is 2. The summed E-state index contributed by atoms with van der Waals surface area (Å²) < 4.78 is 32.7. The Morgan fingerprint density at radius 2 is 1.62 bits per heavy atom. The smallest absolute Gasteiger partial charge is 0.298 e. The second-order valence-electron chi connectivity index (χ2n) is 4.53. The maximum absolute atomic E-state index is 11.6. The van der Waals surface area contributed by atoms with Gasteiger partial charge >= 0.3 is 0 Å². The van der Waals surface area contributed by atoms with Crippen LogP contribution in [0.15, 0.2) is 63.7 Å². The maximum atomic E-state index is 11.6. The zero-order valence-corrected chi connectivity index (χ0v) is 12.4. The summed E-state index contributed by atoms with van der Waals surface area (Å²) in [4.78, 5) is 1.33. The maximum Gasteiger partial charge on any atom is 0.298 e. The molecule has 0 radical (unpaired) electrons. The zero-order valence-electron chi connectivity index (χ0n) is 11.6. The highest BCUT2D eigenvalue weighted by molar-refractivity contribution is 7.86. The second-order valence-corrected chi connectivity index (χ2v) is 5.89. The number of nitrogens with zero attached hydrogens (tertiary/aromatic N) is 3. The summed E-state index contributed by atoms with van der Waals surface area (Å²) in [5.74, 6) is 0. The minimum Gasteiger partial charge on any atom is -0.376 e. The third-order valence-electron chi connectivity index (χ3n) is 2.74. The molecule has 2 aromatic carbocycles. The lowest BCUT2D eigenvalue weighted by molar-refractivity contribution is 0.483. The molecule has 0 amide bonds. The van der Waals surface area contributed by atoms with Crippen LogP contribution < -0.4 is 4.90 Å². The van der Waals surface area contributed by atoms with Crippen molar-refractivity contribution in [3.8, 4) is 0 Å². The molecule has 0 atom stereocenters. The molecule has 0 heterocycles. The molecule has 21 heavy (non-hydrogen) atoms. The first-order chi connectivity index (χ1) is 9.89. The fourth-order valence-corrected chi connectivity index (χ4v) is 2.70. The summed E-state index contributed by atoms with van der Waals surface area (Å²) in [7, 11) is -1.04. The van der Waals surface area contributed by atoms with E-state index in [0.717, 1.165) is 0 Å². The van der Waals surface area contributed by atoms with E-state index in [2.05, 4.69) is 10.2 Å². The molecule has 0 saturated carbocycles. The van der Waals surface area contributed by atoms with Gasteiger partial charge in [-0.25, -0.2) is 0 Å². The van der Waals surface area contributed by atoms with Crippen LogP contribution in [-0.4, -0.2) is 27.1 Å². The van der Waals surface area contributed by atoms with Crippen LogP contribution in [0.2, 0.25) is 0 Å². The van der Waals surface area contributed by atoms with E-state index in [0.29, 0.717) is 11.4 Å². The Labute approximate surface area is 123 Å². The molecule has 0 fully saturated rings. The van der Waals surface area contributed by atoms with Crippen molar-refractivity contribution in [2.75, 3.05) is 19.0 Å². The van der Waals surface area contributed by atoms with E-state index in [1.807, 2.05) is 6.07 Å². The van der Waals surface area contributed by atoms with Crippen LogP contribution in [0, 0.1) is 0 Å². The van der Waals surface area contributed by atoms with Crippen LogP contribution in [0.4, 0.5) is 17.1 Å². The standard InChI is InChI=1S/C14H15N3O3S/c1-17(2)13-10-6-9-12(14(13)21(18,19)20)16-15-11-7-4-3-5-8-11/h3-10H,1-2H3,(H,18,19,20). The first kappa shape index (κ1) is 15.1. The van der Waals surface area contributed by atoms with E-state index in [1.165, 1.54) is 6.07 Å². The molecule has 2 rings (SSSR count). The predicted octanol–water partition coefficient (Wildman–Crippen LogP) is 3.41. The van der Waals surface area contributed by atoms with Crippen molar-refractivity contribution in [2.45, 2.75) is 4.90 Å². The lowest BCUT2D eigenvalue weighted by Crippen LogP contribution is -2.13. The van der Waals surface area contributed by atoms with Crippen LogP contribution in [0.25, 0.3) is 0 Å². The molecule has 7 heteroatoms. The van der Waals surface area contributed by atoms with Crippen LogP contribution in [0.5, 0.6) is 0 Å². The summed E-state index contributed by atoms with van der Waals surface area (Å²) in [5.41, 5.74) is 1.03. The van der Waals surface area contributed by atoms with Crippen molar-refractivity contribution in [1.82, 2.24) is 0 Å². The fourth-order valence-electron chi connectivity index (χ4n) is 1.81. The van der Waals surface area contributed by atoms with Crippen LogP contribution in [0.3, 0.4) is 0 Å². The summed E-state index contributed by atoms with van der Waals surface area (Å²) in [6.07, 6.45) is 0. The first-order valence-corrected chi connectivity index (χ1v) is 7.58. The van der Waals surface area contributed by atoms with Crippen LogP contribution in [0.1, 0.15) is 0 Å². The molecule has 6 nitrogen and oxygen atoms in total. The van der Waals surface area contributed by atoms with Gasteiger partial charge in [-0.15, -0.1) is 5.11 Å². The van der Waals surface area contributed by atoms with Gasteiger partial charge in [-0.05, 0) is 24.3 Å². The van der Waals surface area contributed by atoms with Crippen molar-refractivity contribution in [3.63, 3.8) is 0 Å². The molecule has 0 bridgehead atoms. The normalized spacial score (nSPS) is 11.8. The third-order valence-corrected chi connectivity index (χ3v) is 3.68. The van der Waals surface area contributed by atoms with E-state index in [9.17, 15) is 13.0 Å². The van der Waals surface area contributed by atoms with Crippen molar-refractivity contribution < 1.29 is 13.0 Å².